The second-order valence-electron chi connectivity index (χ2n) is 7.83. The normalized spacial score (nSPS) is 13.9. The third-order valence-corrected chi connectivity index (χ3v) is 7.48. The average molecular weight is 532 g/mol. The summed E-state index contributed by atoms with van der Waals surface area (Å²) in [6, 6.07) is 16.4. The molecule has 0 saturated carbocycles. The number of benzene rings is 3. The van der Waals surface area contributed by atoms with Crippen molar-refractivity contribution in [1.82, 2.24) is 4.90 Å². The zero-order chi connectivity index (χ0) is 25.2. The molecule has 0 fully saturated rings. The fourth-order valence-electron chi connectivity index (χ4n) is 3.71. The van der Waals surface area contributed by atoms with Crippen molar-refractivity contribution in [2.24, 2.45) is 4.40 Å². The van der Waals surface area contributed by atoms with Crippen LogP contribution in [0.5, 0.6) is 5.75 Å². The van der Waals surface area contributed by atoms with E-state index in [1.165, 1.54) is 18.2 Å². The van der Waals surface area contributed by atoms with Crippen molar-refractivity contribution in [1.29, 1.82) is 0 Å². The van der Waals surface area contributed by atoms with Crippen LogP contribution < -0.4 is 10.1 Å². The van der Waals surface area contributed by atoms with Gasteiger partial charge in [0.25, 0.3) is 10.0 Å². The Labute approximate surface area is 214 Å². The first-order chi connectivity index (χ1) is 16.7. The molecule has 0 bridgehead atoms. The van der Waals surface area contributed by atoms with Crippen LogP contribution in [0.1, 0.15) is 35.3 Å². The maximum Gasteiger partial charge on any atom is 0.345 e. The topological polar surface area (TPSA) is 88.1 Å². The number of carbonyl (C=O) groups excluding carboxylic acids is 1. The zero-order valence-electron chi connectivity index (χ0n) is 19.1. The minimum Gasteiger partial charge on any atom is -0.423 e. The van der Waals surface area contributed by atoms with Gasteiger partial charge in [0.15, 0.2) is 5.84 Å². The van der Waals surface area contributed by atoms with Gasteiger partial charge < -0.3 is 10.1 Å². The standard InChI is InChI=1S/C25H23Cl2N3O4S/c1-3-30(4-2)15-16-13-18(28-24-20-7-5-6-8-23(20)35(32,33)29-24)10-12-22(16)34-25(31)19-11-9-17(26)14-21(19)27/h5-14H,3-4,15H2,1-2H3,(H,28,29). The van der Waals surface area contributed by atoms with Crippen LogP contribution in [0.3, 0.4) is 0 Å². The fraction of sp³-hybridized carbons (Fsp3) is 0.200. The molecule has 10 heteroatoms. The molecule has 3 aromatic rings. The second-order valence-corrected chi connectivity index (χ2v) is 10.2. The summed E-state index contributed by atoms with van der Waals surface area (Å²) in [4.78, 5) is 15.2. The van der Waals surface area contributed by atoms with E-state index in [0.29, 0.717) is 28.6 Å². The van der Waals surface area contributed by atoms with Gasteiger partial charge in [0.1, 0.15) is 10.6 Å². The fourth-order valence-corrected chi connectivity index (χ4v) is 5.37. The molecule has 0 spiro atoms. The molecule has 0 atom stereocenters. The molecule has 0 aromatic heterocycles. The third kappa shape index (κ3) is 5.51. The molecule has 35 heavy (non-hydrogen) atoms. The van der Waals surface area contributed by atoms with Crippen LogP contribution in [0.25, 0.3) is 0 Å². The Bertz CT molecular complexity index is 1420. The number of halogens is 2. The van der Waals surface area contributed by atoms with Crippen molar-refractivity contribution in [3.63, 3.8) is 0 Å². The summed E-state index contributed by atoms with van der Waals surface area (Å²) in [6.45, 7) is 6.19. The first-order valence-corrected chi connectivity index (χ1v) is 13.1. The highest BCUT2D eigenvalue weighted by atomic mass is 35.5. The lowest BCUT2D eigenvalue weighted by Gasteiger charge is -2.21. The van der Waals surface area contributed by atoms with E-state index in [4.69, 9.17) is 27.9 Å². The Kier molecular flexibility index (Phi) is 7.47. The molecule has 4 rings (SSSR count). The minimum absolute atomic E-state index is 0.163. The van der Waals surface area contributed by atoms with Crippen molar-refractivity contribution in [2.75, 3.05) is 18.4 Å². The van der Waals surface area contributed by atoms with E-state index in [1.54, 1.807) is 36.4 Å². The van der Waals surface area contributed by atoms with Crippen molar-refractivity contribution >= 4 is 50.7 Å². The molecule has 1 aliphatic rings. The average Bonchev–Trinajstić information content (AvgIpc) is 3.08. The smallest absolute Gasteiger partial charge is 0.345 e. The van der Waals surface area contributed by atoms with E-state index >= 15 is 0 Å². The second kappa shape index (κ2) is 10.4. The maximum absolute atomic E-state index is 12.8. The van der Waals surface area contributed by atoms with E-state index in [-0.39, 0.29) is 21.3 Å². The van der Waals surface area contributed by atoms with Crippen LogP contribution in [0.4, 0.5) is 5.69 Å². The van der Waals surface area contributed by atoms with E-state index in [2.05, 4.69) is 14.6 Å². The highest BCUT2D eigenvalue weighted by Gasteiger charge is 2.28. The van der Waals surface area contributed by atoms with Gasteiger partial charge in [0, 0.05) is 28.4 Å². The summed E-state index contributed by atoms with van der Waals surface area (Å²) in [6.07, 6.45) is 0. The Hall–Kier alpha value is -2.91. The summed E-state index contributed by atoms with van der Waals surface area (Å²) in [5.41, 5.74) is 2.06. The zero-order valence-corrected chi connectivity index (χ0v) is 21.4. The van der Waals surface area contributed by atoms with Crippen molar-refractivity contribution in [2.45, 2.75) is 25.3 Å². The lowest BCUT2D eigenvalue weighted by molar-refractivity contribution is 0.0732. The highest BCUT2D eigenvalue weighted by molar-refractivity contribution is 7.90. The van der Waals surface area contributed by atoms with Crippen LogP contribution in [0.2, 0.25) is 10.0 Å². The number of rotatable bonds is 7. The molecule has 0 unspecified atom stereocenters. The number of hydrogen-bond donors (Lipinski definition) is 1. The Morgan fingerprint density at radius 2 is 1.77 bits per heavy atom. The predicted octanol–water partition coefficient (Wildman–Crippen LogP) is 5.62. The van der Waals surface area contributed by atoms with Gasteiger partial charge >= 0.3 is 5.97 Å². The molecular weight excluding hydrogens is 509 g/mol. The van der Waals surface area contributed by atoms with Crippen molar-refractivity contribution in [3.05, 3.63) is 87.4 Å². The minimum atomic E-state index is -3.75. The van der Waals surface area contributed by atoms with Gasteiger partial charge in [0.2, 0.25) is 0 Å². The lowest BCUT2D eigenvalue weighted by atomic mass is 10.1. The van der Waals surface area contributed by atoms with E-state index in [1.807, 2.05) is 19.9 Å². The van der Waals surface area contributed by atoms with Crippen LogP contribution in [0, 0.1) is 0 Å². The largest absolute Gasteiger partial charge is 0.423 e. The van der Waals surface area contributed by atoms with Gasteiger partial charge in [-0.15, -0.1) is 4.40 Å². The molecule has 1 N–H and O–H groups in total. The molecule has 182 valence electrons. The van der Waals surface area contributed by atoms with E-state index in [0.717, 1.165) is 18.7 Å². The molecule has 0 saturated heterocycles. The number of nitrogens with one attached hydrogen (secondary N) is 1. The predicted molar refractivity (Wildman–Crippen MR) is 138 cm³/mol. The number of hydrogen-bond acceptors (Lipinski definition) is 6. The van der Waals surface area contributed by atoms with Crippen LogP contribution in [0.15, 0.2) is 70.0 Å². The van der Waals surface area contributed by atoms with Crippen LogP contribution in [-0.2, 0) is 16.6 Å². The number of carbonyl (C=O) groups is 1. The lowest BCUT2D eigenvalue weighted by Crippen LogP contribution is -2.23. The summed E-state index contributed by atoms with van der Waals surface area (Å²) in [5, 5.41) is 3.72. The number of esters is 1. The summed E-state index contributed by atoms with van der Waals surface area (Å²) < 4.78 is 34.4. The molecule has 1 heterocycles. The van der Waals surface area contributed by atoms with Gasteiger partial charge in [0.05, 0.1) is 10.6 Å². The monoisotopic (exact) mass is 531 g/mol. The molecule has 0 radical (unpaired) electrons. The van der Waals surface area contributed by atoms with Crippen molar-refractivity contribution in [3.8, 4) is 5.75 Å². The SMILES string of the molecule is CCN(CC)Cc1cc(NC2=NS(=O)(=O)c3ccccc32)ccc1OC(=O)c1ccc(Cl)cc1Cl. The molecule has 0 aliphatic carbocycles. The van der Waals surface area contributed by atoms with Gasteiger partial charge in [-0.2, -0.15) is 8.42 Å². The van der Waals surface area contributed by atoms with Gasteiger partial charge in [-0.3, -0.25) is 4.90 Å². The summed E-state index contributed by atoms with van der Waals surface area (Å²) in [7, 11) is -3.75. The molecule has 3 aromatic carbocycles. The van der Waals surface area contributed by atoms with E-state index in [9.17, 15) is 13.2 Å². The number of ether oxygens (including phenoxy) is 1. The Morgan fingerprint density at radius 3 is 2.49 bits per heavy atom. The Balaban J connectivity index is 1.65. The number of sulfonamides is 1. The first kappa shape index (κ1) is 25.2. The first-order valence-electron chi connectivity index (χ1n) is 11.0. The molecule has 1 aliphatic heterocycles. The van der Waals surface area contributed by atoms with Crippen LogP contribution in [-0.4, -0.2) is 38.2 Å². The van der Waals surface area contributed by atoms with Crippen LogP contribution >= 0.6 is 23.2 Å². The number of anilines is 1. The summed E-state index contributed by atoms with van der Waals surface area (Å²) >= 11 is 12.1. The molecule has 7 nitrogen and oxygen atoms in total. The quantitative estimate of drug-likeness (QED) is 0.314. The molecular formula is C25H23Cl2N3O4S. The maximum atomic E-state index is 12.8. The van der Waals surface area contributed by atoms with Gasteiger partial charge in [-0.25, -0.2) is 4.79 Å². The Morgan fingerprint density at radius 1 is 1.03 bits per heavy atom. The highest BCUT2D eigenvalue weighted by Crippen LogP contribution is 2.30. The van der Waals surface area contributed by atoms with E-state index < -0.39 is 16.0 Å². The third-order valence-electron chi connectivity index (χ3n) is 5.60. The summed E-state index contributed by atoms with van der Waals surface area (Å²) in [5.74, 6) is 0.0142. The van der Waals surface area contributed by atoms with Gasteiger partial charge in [-0.1, -0.05) is 49.2 Å². The number of amidine groups is 1. The number of fused-ring (bicyclic) bond motifs is 1. The van der Waals surface area contributed by atoms with Gasteiger partial charge in [-0.05, 0) is 61.6 Å². The molecule has 0 amide bonds. The van der Waals surface area contributed by atoms with Crippen molar-refractivity contribution < 1.29 is 17.9 Å². The number of nitrogens with zero attached hydrogens (tertiary/aromatic N) is 2.